The molecule has 0 spiro atoms. The monoisotopic (exact) mass is 516 g/mol. The summed E-state index contributed by atoms with van der Waals surface area (Å²) in [5.41, 5.74) is 3.91. The molecule has 0 saturated heterocycles. The SMILES string of the molecule is CCCC(=O)ONC(=O)CC1OC(c2ccccc2OC)c2cc(Cl)ccc2N(CC(C)(C)C)C1=O. The van der Waals surface area contributed by atoms with Crippen LogP contribution in [0.2, 0.25) is 5.02 Å². The number of benzene rings is 2. The zero-order valence-corrected chi connectivity index (χ0v) is 22.1. The zero-order chi connectivity index (χ0) is 26.5. The molecule has 2 aromatic carbocycles. The molecule has 0 saturated carbocycles. The van der Waals surface area contributed by atoms with E-state index in [4.69, 9.17) is 25.9 Å². The van der Waals surface area contributed by atoms with Crippen LogP contribution in [0.5, 0.6) is 5.75 Å². The number of fused-ring (bicyclic) bond motifs is 1. The zero-order valence-electron chi connectivity index (χ0n) is 21.3. The Morgan fingerprint density at radius 1 is 1.14 bits per heavy atom. The first-order valence-electron chi connectivity index (χ1n) is 11.9. The van der Waals surface area contributed by atoms with Crippen LogP contribution in [0.4, 0.5) is 5.69 Å². The second-order valence-electron chi connectivity index (χ2n) is 9.89. The van der Waals surface area contributed by atoms with Crippen LogP contribution in [-0.4, -0.2) is 37.5 Å². The highest BCUT2D eigenvalue weighted by atomic mass is 35.5. The lowest BCUT2D eigenvalue weighted by molar-refractivity contribution is -0.160. The minimum atomic E-state index is -1.15. The first kappa shape index (κ1) is 27.5. The largest absolute Gasteiger partial charge is 0.496 e. The van der Waals surface area contributed by atoms with Gasteiger partial charge in [0.25, 0.3) is 11.8 Å². The maximum absolute atomic E-state index is 13.8. The second kappa shape index (κ2) is 11.8. The molecule has 1 heterocycles. The molecule has 0 bridgehead atoms. The Morgan fingerprint density at radius 2 is 1.86 bits per heavy atom. The molecular formula is C27H33ClN2O6. The van der Waals surface area contributed by atoms with E-state index >= 15 is 0 Å². The van der Waals surface area contributed by atoms with Gasteiger partial charge in [-0.2, -0.15) is 5.48 Å². The quantitative estimate of drug-likeness (QED) is 0.521. The number of rotatable bonds is 7. The number of nitrogens with one attached hydrogen (secondary N) is 1. The van der Waals surface area contributed by atoms with Crippen molar-refractivity contribution >= 4 is 35.1 Å². The average Bonchev–Trinajstić information content (AvgIpc) is 2.92. The smallest absolute Gasteiger partial charge is 0.332 e. The van der Waals surface area contributed by atoms with Crippen molar-refractivity contribution in [2.75, 3.05) is 18.6 Å². The topological polar surface area (TPSA) is 94.2 Å². The first-order chi connectivity index (χ1) is 17.0. The number of halogens is 1. The van der Waals surface area contributed by atoms with Gasteiger partial charge in [-0.3, -0.25) is 9.59 Å². The highest BCUT2D eigenvalue weighted by Gasteiger charge is 2.39. The highest BCUT2D eigenvalue weighted by Crippen LogP contribution is 2.43. The van der Waals surface area contributed by atoms with E-state index in [0.717, 1.165) is 0 Å². The van der Waals surface area contributed by atoms with E-state index in [2.05, 4.69) is 5.48 Å². The van der Waals surface area contributed by atoms with Crippen molar-refractivity contribution in [1.29, 1.82) is 0 Å². The standard InChI is InChI=1S/C27H33ClN2O6/c1-6-9-24(32)36-29-23(31)15-22-26(33)30(16-27(2,3)4)20-13-12-17(28)14-19(20)25(35-22)18-10-7-8-11-21(18)34-5/h7-8,10-14,22,25H,6,9,15-16H2,1-5H3,(H,29,31). The second-order valence-corrected chi connectivity index (χ2v) is 10.3. The predicted octanol–water partition coefficient (Wildman–Crippen LogP) is 4.98. The van der Waals surface area contributed by atoms with Crippen molar-refractivity contribution in [2.24, 2.45) is 5.41 Å². The lowest BCUT2D eigenvalue weighted by Gasteiger charge is -2.31. The van der Waals surface area contributed by atoms with Crippen molar-refractivity contribution in [3.05, 3.63) is 58.6 Å². The average molecular weight is 517 g/mol. The maximum Gasteiger partial charge on any atom is 0.332 e. The highest BCUT2D eigenvalue weighted by molar-refractivity contribution is 6.30. The Bertz CT molecular complexity index is 1110. The van der Waals surface area contributed by atoms with Crippen LogP contribution in [0.3, 0.4) is 0 Å². The fourth-order valence-electron chi connectivity index (χ4n) is 4.05. The predicted molar refractivity (Wildman–Crippen MR) is 137 cm³/mol. The van der Waals surface area contributed by atoms with E-state index in [9.17, 15) is 14.4 Å². The molecular weight excluding hydrogens is 484 g/mol. The van der Waals surface area contributed by atoms with Crippen LogP contribution in [0, 0.1) is 5.41 Å². The molecule has 1 N–H and O–H groups in total. The summed E-state index contributed by atoms with van der Waals surface area (Å²) in [5, 5.41) is 0.486. The number of anilines is 1. The molecule has 36 heavy (non-hydrogen) atoms. The fraction of sp³-hybridized carbons (Fsp3) is 0.444. The molecule has 9 heteroatoms. The van der Waals surface area contributed by atoms with E-state index in [0.29, 0.717) is 40.6 Å². The summed E-state index contributed by atoms with van der Waals surface area (Å²) in [6.07, 6.45) is -1.48. The van der Waals surface area contributed by atoms with Crippen LogP contribution in [0.25, 0.3) is 0 Å². The summed E-state index contributed by atoms with van der Waals surface area (Å²) in [5.74, 6) is -0.999. The van der Waals surface area contributed by atoms with Crippen molar-refractivity contribution in [3.8, 4) is 5.75 Å². The third-order valence-corrected chi connectivity index (χ3v) is 5.80. The van der Waals surface area contributed by atoms with Gasteiger partial charge in [0.05, 0.1) is 13.5 Å². The number of hydrogen-bond donors (Lipinski definition) is 1. The van der Waals surface area contributed by atoms with Gasteiger partial charge in [-0.1, -0.05) is 57.5 Å². The van der Waals surface area contributed by atoms with E-state index in [1.165, 1.54) is 0 Å². The van der Waals surface area contributed by atoms with Gasteiger partial charge in [0.2, 0.25) is 0 Å². The summed E-state index contributed by atoms with van der Waals surface area (Å²) >= 11 is 6.39. The Balaban J connectivity index is 2.05. The first-order valence-corrected chi connectivity index (χ1v) is 12.3. The molecule has 8 nitrogen and oxygen atoms in total. The minimum absolute atomic E-state index is 0.171. The van der Waals surface area contributed by atoms with Gasteiger partial charge in [-0.15, -0.1) is 0 Å². The Labute approximate surface area is 216 Å². The lowest BCUT2D eigenvalue weighted by atomic mass is 9.94. The number of methoxy groups -OCH3 is 1. The Kier molecular flexibility index (Phi) is 8.98. The summed E-state index contributed by atoms with van der Waals surface area (Å²) in [4.78, 5) is 44.7. The maximum atomic E-state index is 13.8. The molecule has 0 aliphatic carbocycles. The number of ether oxygens (including phenoxy) is 2. The summed E-state index contributed by atoms with van der Waals surface area (Å²) < 4.78 is 11.9. The third kappa shape index (κ3) is 6.77. The van der Waals surface area contributed by atoms with E-state index in [-0.39, 0.29) is 24.2 Å². The number of amides is 2. The van der Waals surface area contributed by atoms with Crippen molar-refractivity contribution in [2.45, 2.75) is 59.2 Å². The van der Waals surface area contributed by atoms with Crippen LogP contribution < -0.4 is 15.1 Å². The minimum Gasteiger partial charge on any atom is -0.496 e. The molecule has 3 rings (SSSR count). The number of hydroxylamine groups is 1. The molecule has 2 amide bonds. The number of carbonyl (C=O) groups is 3. The van der Waals surface area contributed by atoms with Gasteiger partial charge in [0.15, 0.2) is 0 Å². The number of para-hydroxylation sites is 1. The van der Waals surface area contributed by atoms with Gasteiger partial charge < -0.3 is 19.2 Å². The van der Waals surface area contributed by atoms with E-state index in [1.54, 1.807) is 36.3 Å². The molecule has 0 fully saturated rings. The molecule has 2 unspecified atom stereocenters. The molecule has 194 valence electrons. The van der Waals surface area contributed by atoms with Gasteiger partial charge in [0, 0.05) is 34.8 Å². The van der Waals surface area contributed by atoms with Crippen molar-refractivity contribution in [3.63, 3.8) is 0 Å². The summed E-state index contributed by atoms with van der Waals surface area (Å²) in [6, 6.07) is 12.6. The summed E-state index contributed by atoms with van der Waals surface area (Å²) in [7, 11) is 1.56. The lowest BCUT2D eigenvalue weighted by Crippen LogP contribution is -2.45. The number of carbonyl (C=O) groups excluding carboxylic acids is 3. The molecule has 1 aliphatic heterocycles. The van der Waals surface area contributed by atoms with Gasteiger partial charge in [-0.05, 0) is 36.1 Å². The third-order valence-electron chi connectivity index (χ3n) is 5.56. The molecule has 0 aromatic heterocycles. The Morgan fingerprint density at radius 3 is 2.53 bits per heavy atom. The van der Waals surface area contributed by atoms with E-state index < -0.39 is 24.1 Å². The van der Waals surface area contributed by atoms with Crippen molar-refractivity contribution < 1.29 is 28.7 Å². The fourth-order valence-corrected chi connectivity index (χ4v) is 4.23. The van der Waals surface area contributed by atoms with Crippen LogP contribution >= 0.6 is 11.6 Å². The van der Waals surface area contributed by atoms with Crippen LogP contribution in [0.1, 0.15) is 64.2 Å². The molecule has 1 aliphatic rings. The number of nitrogens with zero attached hydrogens (tertiary/aromatic N) is 1. The van der Waals surface area contributed by atoms with Gasteiger partial charge in [-0.25, -0.2) is 4.79 Å². The molecule has 0 radical (unpaired) electrons. The van der Waals surface area contributed by atoms with Crippen LogP contribution in [0.15, 0.2) is 42.5 Å². The van der Waals surface area contributed by atoms with Crippen molar-refractivity contribution in [1.82, 2.24) is 5.48 Å². The van der Waals surface area contributed by atoms with E-state index in [1.807, 2.05) is 45.9 Å². The van der Waals surface area contributed by atoms with Gasteiger partial charge >= 0.3 is 5.97 Å². The normalized spacial score (nSPS) is 17.7. The number of hydrogen-bond acceptors (Lipinski definition) is 6. The molecule has 2 atom stereocenters. The van der Waals surface area contributed by atoms with Gasteiger partial charge in [0.1, 0.15) is 18.0 Å². The Hall–Kier alpha value is -3.10. The summed E-state index contributed by atoms with van der Waals surface area (Å²) in [6.45, 7) is 8.27. The molecule has 2 aromatic rings. The van der Waals surface area contributed by atoms with Crippen LogP contribution in [-0.2, 0) is 24.0 Å².